The summed E-state index contributed by atoms with van der Waals surface area (Å²) in [5.74, 6) is 0.0566. The van der Waals surface area contributed by atoms with Crippen LogP contribution in [0.2, 0.25) is 0 Å². The fourth-order valence-corrected chi connectivity index (χ4v) is 2.11. The molecule has 2 rings (SSSR count). The SMILES string of the molecule is COCCCN1c2ccccc2NC(=O)C1C. The van der Waals surface area contributed by atoms with Crippen LogP contribution in [0.1, 0.15) is 13.3 Å². The number of amides is 1. The van der Waals surface area contributed by atoms with Crippen LogP contribution in [0.25, 0.3) is 0 Å². The van der Waals surface area contributed by atoms with Crippen LogP contribution in [0.3, 0.4) is 0 Å². The normalized spacial score (nSPS) is 18.8. The van der Waals surface area contributed by atoms with Crippen LogP contribution in [0, 0.1) is 0 Å². The largest absolute Gasteiger partial charge is 0.385 e. The first-order valence-corrected chi connectivity index (χ1v) is 5.89. The van der Waals surface area contributed by atoms with E-state index in [1.165, 1.54) is 0 Å². The smallest absolute Gasteiger partial charge is 0.246 e. The lowest BCUT2D eigenvalue weighted by Crippen LogP contribution is -2.46. The number of ether oxygens (including phenoxy) is 1. The molecule has 4 heteroatoms. The Labute approximate surface area is 102 Å². The maximum atomic E-state index is 11.8. The highest BCUT2D eigenvalue weighted by atomic mass is 16.5. The Morgan fingerprint density at radius 2 is 2.18 bits per heavy atom. The third-order valence-corrected chi connectivity index (χ3v) is 3.07. The predicted octanol–water partition coefficient (Wildman–Crippen LogP) is 1.87. The highest BCUT2D eigenvalue weighted by Gasteiger charge is 2.28. The van der Waals surface area contributed by atoms with Crippen LogP contribution >= 0.6 is 0 Å². The minimum Gasteiger partial charge on any atom is -0.385 e. The van der Waals surface area contributed by atoms with E-state index in [0.29, 0.717) is 6.61 Å². The highest BCUT2D eigenvalue weighted by molar-refractivity contribution is 6.03. The van der Waals surface area contributed by atoms with E-state index in [2.05, 4.69) is 10.2 Å². The molecule has 1 amide bonds. The zero-order chi connectivity index (χ0) is 12.3. The van der Waals surface area contributed by atoms with E-state index in [4.69, 9.17) is 4.74 Å². The quantitative estimate of drug-likeness (QED) is 0.809. The van der Waals surface area contributed by atoms with Gasteiger partial charge in [-0.15, -0.1) is 0 Å². The van der Waals surface area contributed by atoms with Gasteiger partial charge >= 0.3 is 0 Å². The van der Waals surface area contributed by atoms with Gasteiger partial charge in [-0.3, -0.25) is 4.79 Å². The van der Waals surface area contributed by atoms with Gasteiger partial charge in [0.1, 0.15) is 6.04 Å². The average molecular weight is 234 g/mol. The van der Waals surface area contributed by atoms with Crippen LogP contribution in [0.15, 0.2) is 24.3 Å². The third-order valence-electron chi connectivity index (χ3n) is 3.07. The number of para-hydroxylation sites is 2. The summed E-state index contributed by atoms with van der Waals surface area (Å²) in [4.78, 5) is 13.9. The van der Waals surface area contributed by atoms with E-state index in [9.17, 15) is 4.79 Å². The molecule has 1 heterocycles. The van der Waals surface area contributed by atoms with Gasteiger partial charge in [0.15, 0.2) is 0 Å². The molecular weight excluding hydrogens is 216 g/mol. The third kappa shape index (κ3) is 2.42. The van der Waals surface area contributed by atoms with Gasteiger partial charge in [0.25, 0.3) is 0 Å². The molecule has 1 aromatic carbocycles. The Hall–Kier alpha value is -1.55. The monoisotopic (exact) mass is 234 g/mol. The Kier molecular flexibility index (Phi) is 3.64. The summed E-state index contributed by atoms with van der Waals surface area (Å²) in [5.41, 5.74) is 1.99. The van der Waals surface area contributed by atoms with Gasteiger partial charge in [0.05, 0.1) is 11.4 Å². The number of carbonyl (C=O) groups excluding carboxylic acids is 1. The van der Waals surface area contributed by atoms with Crippen molar-refractivity contribution in [1.29, 1.82) is 0 Å². The number of hydrogen-bond donors (Lipinski definition) is 1. The molecule has 1 aliphatic rings. The summed E-state index contributed by atoms with van der Waals surface area (Å²) >= 11 is 0. The summed E-state index contributed by atoms with van der Waals surface area (Å²) < 4.78 is 5.06. The molecule has 0 bridgehead atoms. The molecule has 0 saturated heterocycles. The molecular formula is C13H18N2O2. The first-order chi connectivity index (χ1) is 8.24. The summed E-state index contributed by atoms with van der Waals surface area (Å²) in [6.45, 7) is 3.48. The molecule has 17 heavy (non-hydrogen) atoms. The average Bonchev–Trinajstić information content (AvgIpc) is 2.34. The Balaban J connectivity index is 2.19. The van der Waals surface area contributed by atoms with E-state index < -0.39 is 0 Å². The number of fused-ring (bicyclic) bond motifs is 1. The molecule has 0 aromatic heterocycles. The molecule has 1 atom stereocenters. The van der Waals surface area contributed by atoms with Gasteiger partial charge in [-0.25, -0.2) is 0 Å². The first-order valence-electron chi connectivity index (χ1n) is 5.89. The van der Waals surface area contributed by atoms with E-state index in [1.807, 2.05) is 31.2 Å². The molecule has 1 N–H and O–H groups in total. The van der Waals surface area contributed by atoms with Crippen LogP contribution in [0.4, 0.5) is 11.4 Å². The fraction of sp³-hybridized carbons (Fsp3) is 0.462. The summed E-state index contributed by atoms with van der Waals surface area (Å²) in [5, 5.41) is 2.92. The number of nitrogens with zero attached hydrogens (tertiary/aromatic N) is 1. The summed E-state index contributed by atoms with van der Waals surface area (Å²) in [7, 11) is 1.69. The fourth-order valence-electron chi connectivity index (χ4n) is 2.11. The van der Waals surface area contributed by atoms with E-state index in [1.54, 1.807) is 7.11 Å². The number of anilines is 2. The van der Waals surface area contributed by atoms with Crippen molar-refractivity contribution in [1.82, 2.24) is 0 Å². The predicted molar refractivity (Wildman–Crippen MR) is 68.4 cm³/mol. The lowest BCUT2D eigenvalue weighted by atomic mass is 10.1. The molecule has 0 radical (unpaired) electrons. The van der Waals surface area contributed by atoms with Crippen molar-refractivity contribution in [2.45, 2.75) is 19.4 Å². The van der Waals surface area contributed by atoms with Gasteiger partial charge in [0, 0.05) is 20.3 Å². The number of carbonyl (C=O) groups is 1. The van der Waals surface area contributed by atoms with Gasteiger partial charge in [0.2, 0.25) is 5.91 Å². The molecule has 0 fully saturated rings. The summed E-state index contributed by atoms with van der Waals surface area (Å²) in [6, 6.07) is 7.77. The Bertz CT molecular complexity index is 406. The second-order valence-electron chi connectivity index (χ2n) is 4.22. The lowest BCUT2D eigenvalue weighted by Gasteiger charge is -2.36. The van der Waals surface area contributed by atoms with Crippen molar-refractivity contribution in [3.05, 3.63) is 24.3 Å². The minimum atomic E-state index is -0.123. The van der Waals surface area contributed by atoms with Crippen molar-refractivity contribution in [3.63, 3.8) is 0 Å². The number of hydrogen-bond acceptors (Lipinski definition) is 3. The number of methoxy groups -OCH3 is 1. The van der Waals surface area contributed by atoms with E-state index in [0.717, 1.165) is 24.3 Å². The molecule has 4 nitrogen and oxygen atoms in total. The topological polar surface area (TPSA) is 41.6 Å². The molecule has 1 aliphatic heterocycles. The zero-order valence-corrected chi connectivity index (χ0v) is 10.3. The molecule has 0 aliphatic carbocycles. The van der Waals surface area contributed by atoms with E-state index >= 15 is 0 Å². The van der Waals surface area contributed by atoms with Gasteiger partial charge in [-0.05, 0) is 25.5 Å². The van der Waals surface area contributed by atoms with E-state index in [-0.39, 0.29) is 11.9 Å². The zero-order valence-electron chi connectivity index (χ0n) is 10.3. The minimum absolute atomic E-state index is 0.0566. The maximum absolute atomic E-state index is 11.8. The van der Waals surface area contributed by atoms with Crippen molar-refractivity contribution in [2.75, 3.05) is 30.5 Å². The van der Waals surface area contributed by atoms with Gasteiger partial charge in [-0.2, -0.15) is 0 Å². The second-order valence-corrected chi connectivity index (χ2v) is 4.22. The van der Waals surface area contributed by atoms with Gasteiger partial charge < -0.3 is 15.0 Å². The lowest BCUT2D eigenvalue weighted by molar-refractivity contribution is -0.117. The van der Waals surface area contributed by atoms with Crippen molar-refractivity contribution in [3.8, 4) is 0 Å². The summed E-state index contributed by atoms with van der Waals surface area (Å²) in [6.07, 6.45) is 0.919. The molecule has 1 aromatic rings. The van der Waals surface area contributed by atoms with Crippen LogP contribution in [-0.4, -0.2) is 32.2 Å². The molecule has 92 valence electrons. The van der Waals surface area contributed by atoms with Crippen molar-refractivity contribution < 1.29 is 9.53 Å². The Morgan fingerprint density at radius 1 is 1.41 bits per heavy atom. The van der Waals surface area contributed by atoms with Gasteiger partial charge in [-0.1, -0.05) is 12.1 Å². The van der Waals surface area contributed by atoms with Crippen LogP contribution < -0.4 is 10.2 Å². The second kappa shape index (κ2) is 5.19. The standard InChI is InChI=1S/C13H18N2O2/c1-10-13(16)14-11-6-3-4-7-12(11)15(10)8-5-9-17-2/h3-4,6-7,10H,5,8-9H2,1-2H3,(H,14,16). The highest BCUT2D eigenvalue weighted by Crippen LogP contribution is 2.31. The number of nitrogens with one attached hydrogen (secondary N) is 1. The first kappa shape index (κ1) is 11.9. The molecule has 1 unspecified atom stereocenters. The molecule has 0 spiro atoms. The Morgan fingerprint density at radius 3 is 2.94 bits per heavy atom. The van der Waals surface area contributed by atoms with Crippen molar-refractivity contribution >= 4 is 17.3 Å². The van der Waals surface area contributed by atoms with Crippen LogP contribution in [0.5, 0.6) is 0 Å². The number of rotatable bonds is 4. The van der Waals surface area contributed by atoms with Crippen LogP contribution in [-0.2, 0) is 9.53 Å². The number of benzene rings is 1. The van der Waals surface area contributed by atoms with Crippen molar-refractivity contribution in [2.24, 2.45) is 0 Å². The molecule has 0 saturated carbocycles. The maximum Gasteiger partial charge on any atom is 0.246 e.